The van der Waals surface area contributed by atoms with Crippen molar-refractivity contribution >= 4 is 11.9 Å². The average molecular weight is 401 g/mol. The normalized spacial score (nSPS) is 25.4. The van der Waals surface area contributed by atoms with Crippen LogP contribution in [0.5, 0.6) is 0 Å². The van der Waals surface area contributed by atoms with Gasteiger partial charge in [-0.15, -0.1) is 0 Å². The Kier molecular flexibility index (Phi) is 6.35. The topological polar surface area (TPSA) is 55.8 Å². The molecule has 3 fully saturated rings. The Morgan fingerprint density at radius 2 is 1.59 bits per heavy atom. The molecule has 1 amide bonds. The Balaban J connectivity index is 1.31. The van der Waals surface area contributed by atoms with E-state index in [2.05, 4.69) is 36.6 Å². The molecule has 0 aromatic carbocycles. The van der Waals surface area contributed by atoms with Crippen molar-refractivity contribution in [3.05, 3.63) is 17.5 Å². The molecule has 1 atom stereocenters. The molecular weight excluding hydrogens is 364 g/mol. The number of hydrogen-bond donors (Lipinski definition) is 0. The number of carbonyl (C=O) groups excluding carboxylic acids is 1. The van der Waals surface area contributed by atoms with Gasteiger partial charge in [-0.2, -0.15) is 0 Å². The van der Waals surface area contributed by atoms with Crippen LogP contribution < -0.4 is 4.90 Å². The quantitative estimate of drug-likeness (QED) is 0.767. The molecule has 0 radical (unpaired) electrons. The van der Waals surface area contributed by atoms with Gasteiger partial charge in [-0.3, -0.25) is 9.69 Å². The number of rotatable bonds is 3. The molecule has 1 aromatic rings. The van der Waals surface area contributed by atoms with Crippen LogP contribution in [-0.4, -0.2) is 96.0 Å². The summed E-state index contributed by atoms with van der Waals surface area (Å²) in [5.74, 6) is 1.46. The molecule has 0 saturated carbocycles. The van der Waals surface area contributed by atoms with Gasteiger partial charge in [0.1, 0.15) is 0 Å². The number of likely N-dealkylation sites (tertiary alicyclic amines) is 1. The summed E-state index contributed by atoms with van der Waals surface area (Å²) in [6.07, 6.45) is 4.46. The summed E-state index contributed by atoms with van der Waals surface area (Å²) in [6, 6.07) is 2.61. The second-order valence-electron chi connectivity index (χ2n) is 9.13. The van der Waals surface area contributed by atoms with Crippen molar-refractivity contribution in [2.24, 2.45) is 5.92 Å². The number of anilines is 1. The highest BCUT2D eigenvalue weighted by Gasteiger charge is 2.34. The zero-order chi connectivity index (χ0) is 20.4. The standard InChI is InChI=1S/C22H36N6O/c1-17-15-18(2)24-22(23-17)27-9-6-20(7-10-27)28-8-4-5-19(16-28)21(29)26-13-11-25(3)12-14-26/h15,19-20H,4-14,16H2,1-3H3/t19-/m1/s1. The maximum atomic E-state index is 13.0. The van der Waals surface area contributed by atoms with Crippen molar-refractivity contribution in [3.63, 3.8) is 0 Å². The Morgan fingerprint density at radius 1 is 0.931 bits per heavy atom. The summed E-state index contributed by atoms with van der Waals surface area (Å²) in [6.45, 7) is 11.9. The lowest BCUT2D eigenvalue weighted by atomic mass is 9.92. The molecule has 3 aliphatic rings. The van der Waals surface area contributed by atoms with Gasteiger partial charge in [0.25, 0.3) is 0 Å². The van der Waals surface area contributed by atoms with Crippen LogP contribution in [0.25, 0.3) is 0 Å². The third kappa shape index (κ3) is 4.89. The number of hydrogen-bond acceptors (Lipinski definition) is 6. The van der Waals surface area contributed by atoms with E-state index in [0.29, 0.717) is 11.9 Å². The number of aromatic nitrogens is 2. The van der Waals surface area contributed by atoms with E-state index in [4.69, 9.17) is 0 Å². The molecular formula is C22H36N6O. The fourth-order valence-corrected chi connectivity index (χ4v) is 5.10. The second kappa shape index (κ2) is 8.96. The molecule has 0 bridgehead atoms. The lowest BCUT2D eigenvalue weighted by Crippen LogP contribution is -2.54. The minimum absolute atomic E-state index is 0.188. The SMILES string of the molecule is Cc1cc(C)nc(N2CCC(N3CCC[C@@H](C(=O)N4CCN(C)CC4)C3)CC2)n1. The number of carbonyl (C=O) groups is 1. The van der Waals surface area contributed by atoms with Crippen LogP contribution in [0.2, 0.25) is 0 Å². The van der Waals surface area contributed by atoms with E-state index < -0.39 is 0 Å². The molecule has 0 aliphatic carbocycles. The fraction of sp³-hybridized carbons (Fsp3) is 0.773. The lowest BCUT2D eigenvalue weighted by Gasteiger charge is -2.43. The van der Waals surface area contributed by atoms with E-state index in [1.165, 1.54) is 0 Å². The van der Waals surface area contributed by atoms with Crippen LogP contribution in [0.4, 0.5) is 5.95 Å². The molecule has 0 unspecified atom stereocenters. The van der Waals surface area contributed by atoms with E-state index in [-0.39, 0.29) is 5.92 Å². The zero-order valence-corrected chi connectivity index (χ0v) is 18.3. The molecule has 160 valence electrons. The zero-order valence-electron chi connectivity index (χ0n) is 18.3. The summed E-state index contributed by atoms with van der Waals surface area (Å²) in [5.41, 5.74) is 2.08. The van der Waals surface area contributed by atoms with Gasteiger partial charge in [0.05, 0.1) is 5.92 Å². The molecule has 0 N–H and O–H groups in total. The van der Waals surface area contributed by atoms with Gasteiger partial charge in [0.15, 0.2) is 0 Å². The van der Waals surface area contributed by atoms with Crippen molar-refractivity contribution in [3.8, 4) is 0 Å². The van der Waals surface area contributed by atoms with Crippen molar-refractivity contribution < 1.29 is 4.79 Å². The fourth-order valence-electron chi connectivity index (χ4n) is 5.10. The van der Waals surface area contributed by atoms with Crippen molar-refractivity contribution in [2.45, 2.75) is 45.6 Å². The Bertz CT molecular complexity index is 689. The monoisotopic (exact) mass is 400 g/mol. The van der Waals surface area contributed by atoms with Gasteiger partial charge in [-0.25, -0.2) is 9.97 Å². The van der Waals surface area contributed by atoms with E-state index in [1.54, 1.807) is 0 Å². The summed E-state index contributed by atoms with van der Waals surface area (Å²) in [7, 11) is 2.14. The Hall–Kier alpha value is -1.73. The number of likely N-dealkylation sites (N-methyl/N-ethyl adjacent to an activating group) is 1. The van der Waals surface area contributed by atoms with Gasteiger partial charge in [0, 0.05) is 63.2 Å². The van der Waals surface area contributed by atoms with E-state index >= 15 is 0 Å². The van der Waals surface area contributed by atoms with Gasteiger partial charge in [0.2, 0.25) is 11.9 Å². The maximum Gasteiger partial charge on any atom is 0.227 e. The lowest BCUT2D eigenvalue weighted by molar-refractivity contribution is -0.139. The van der Waals surface area contributed by atoms with Gasteiger partial charge in [-0.1, -0.05) is 0 Å². The van der Waals surface area contributed by atoms with Crippen molar-refractivity contribution in [1.29, 1.82) is 0 Å². The Morgan fingerprint density at radius 3 is 2.24 bits per heavy atom. The maximum absolute atomic E-state index is 13.0. The third-order valence-electron chi connectivity index (χ3n) is 6.85. The highest BCUT2D eigenvalue weighted by molar-refractivity contribution is 5.79. The molecule has 7 heteroatoms. The highest BCUT2D eigenvalue weighted by atomic mass is 16.2. The van der Waals surface area contributed by atoms with Crippen LogP contribution in [0.15, 0.2) is 6.07 Å². The second-order valence-corrected chi connectivity index (χ2v) is 9.13. The van der Waals surface area contributed by atoms with Gasteiger partial charge >= 0.3 is 0 Å². The largest absolute Gasteiger partial charge is 0.341 e. The van der Waals surface area contributed by atoms with Gasteiger partial charge < -0.3 is 14.7 Å². The molecule has 1 aromatic heterocycles. The smallest absolute Gasteiger partial charge is 0.227 e. The van der Waals surface area contributed by atoms with E-state index in [0.717, 1.165) is 95.4 Å². The molecule has 3 aliphatic heterocycles. The predicted molar refractivity (Wildman–Crippen MR) is 115 cm³/mol. The minimum atomic E-state index is 0.188. The first-order valence-corrected chi connectivity index (χ1v) is 11.3. The van der Waals surface area contributed by atoms with E-state index in [1.807, 2.05) is 19.9 Å². The van der Waals surface area contributed by atoms with Gasteiger partial charge in [-0.05, 0) is 59.2 Å². The van der Waals surface area contributed by atoms with Crippen molar-refractivity contribution in [2.75, 3.05) is 64.3 Å². The van der Waals surface area contributed by atoms with E-state index in [9.17, 15) is 4.79 Å². The van der Waals surface area contributed by atoms with Crippen LogP contribution in [0.3, 0.4) is 0 Å². The summed E-state index contributed by atoms with van der Waals surface area (Å²) < 4.78 is 0. The predicted octanol–water partition coefficient (Wildman–Crippen LogP) is 1.55. The van der Waals surface area contributed by atoms with Crippen LogP contribution in [0, 0.1) is 19.8 Å². The summed E-state index contributed by atoms with van der Waals surface area (Å²) >= 11 is 0. The third-order valence-corrected chi connectivity index (χ3v) is 6.85. The number of amides is 1. The molecule has 0 spiro atoms. The summed E-state index contributed by atoms with van der Waals surface area (Å²) in [4.78, 5) is 31.7. The first kappa shape index (κ1) is 20.5. The molecule has 4 heterocycles. The van der Waals surface area contributed by atoms with Crippen LogP contribution in [-0.2, 0) is 4.79 Å². The highest BCUT2D eigenvalue weighted by Crippen LogP contribution is 2.26. The minimum Gasteiger partial charge on any atom is -0.341 e. The number of aryl methyl sites for hydroxylation is 2. The average Bonchev–Trinajstić information content (AvgIpc) is 2.73. The first-order chi connectivity index (χ1) is 14.0. The summed E-state index contributed by atoms with van der Waals surface area (Å²) in [5, 5.41) is 0. The molecule has 4 rings (SSSR count). The first-order valence-electron chi connectivity index (χ1n) is 11.3. The number of piperazine rings is 1. The number of nitrogens with zero attached hydrogens (tertiary/aromatic N) is 6. The van der Waals surface area contributed by atoms with Crippen LogP contribution >= 0.6 is 0 Å². The van der Waals surface area contributed by atoms with Crippen molar-refractivity contribution in [1.82, 2.24) is 24.7 Å². The number of piperidine rings is 2. The Labute approximate surface area is 175 Å². The van der Waals surface area contributed by atoms with Crippen LogP contribution in [0.1, 0.15) is 37.1 Å². The molecule has 3 saturated heterocycles. The molecule has 29 heavy (non-hydrogen) atoms. The molecule has 7 nitrogen and oxygen atoms in total.